The van der Waals surface area contributed by atoms with E-state index in [-0.39, 0.29) is 0 Å². The minimum Gasteiger partial charge on any atom is -0.347 e. The van der Waals surface area contributed by atoms with Gasteiger partial charge in [-0.15, -0.1) is 0 Å². The second kappa shape index (κ2) is 6.55. The van der Waals surface area contributed by atoms with Crippen LogP contribution in [0.2, 0.25) is 0 Å². The normalized spacial score (nSPS) is 11.1. The third-order valence-corrected chi connectivity index (χ3v) is 3.73. The van der Waals surface area contributed by atoms with Gasteiger partial charge in [0, 0.05) is 49.1 Å². The number of para-hydroxylation sites is 1. The standard InChI is InChI=1S/C18H21N3/c1-2-11-21-14-16(17-5-3-4-6-18(17)21)13-20-12-15-7-9-19-10-8-15/h3-10,14,20H,2,11-13H2,1H3. The van der Waals surface area contributed by atoms with Crippen molar-refractivity contribution in [3.8, 4) is 0 Å². The fraction of sp³-hybridized carbons (Fsp3) is 0.278. The van der Waals surface area contributed by atoms with E-state index in [0.717, 1.165) is 26.1 Å². The van der Waals surface area contributed by atoms with Gasteiger partial charge in [0.25, 0.3) is 0 Å². The quantitative estimate of drug-likeness (QED) is 0.745. The predicted molar refractivity (Wildman–Crippen MR) is 87.0 cm³/mol. The van der Waals surface area contributed by atoms with E-state index in [4.69, 9.17) is 0 Å². The number of hydrogen-bond acceptors (Lipinski definition) is 2. The van der Waals surface area contributed by atoms with Crippen LogP contribution in [0.4, 0.5) is 0 Å². The third-order valence-electron chi connectivity index (χ3n) is 3.73. The summed E-state index contributed by atoms with van der Waals surface area (Å²) in [4.78, 5) is 4.05. The summed E-state index contributed by atoms with van der Waals surface area (Å²) in [5.41, 5.74) is 3.97. The number of nitrogens with zero attached hydrogens (tertiary/aromatic N) is 2. The Kier molecular flexibility index (Phi) is 4.31. The van der Waals surface area contributed by atoms with Gasteiger partial charge in [-0.1, -0.05) is 25.1 Å². The largest absolute Gasteiger partial charge is 0.347 e. The first kappa shape index (κ1) is 13.8. The Morgan fingerprint density at radius 2 is 1.86 bits per heavy atom. The molecule has 0 aliphatic rings. The molecule has 0 atom stereocenters. The first-order valence-electron chi connectivity index (χ1n) is 7.55. The van der Waals surface area contributed by atoms with Crippen molar-refractivity contribution in [3.05, 3.63) is 66.1 Å². The monoisotopic (exact) mass is 279 g/mol. The molecule has 3 heteroatoms. The maximum atomic E-state index is 4.05. The van der Waals surface area contributed by atoms with Gasteiger partial charge in [0.15, 0.2) is 0 Å². The average Bonchev–Trinajstić information content (AvgIpc) is 2.87. The second-order valence-corrected chi connectivity index (χ2v) is 5.32. The molecule has 2 heterocycles. The molecule has 21 heavy (non-hydrogen) atoms. The molecule has 0 saturated heterocycles. The van der Waals surface area contributed by atoms with E-state index >= 15 is 0 Å². The minimum absolute atomic E-state index is 0.871. The molecule has 3 aromatic rings. The summed E-state index contributed by atoms with van der Waals surface area (Å²) in [7, 11) is 0. The zero-order chi connectivity index (χ0) is 14.5. The van der Waals surface area contributed by atoms with Crippen molar-refractivity contribution in [3.63, 3.8) is 0 Å². The molecule has 0 saturated carbocycles. The number of benzene rings is 1. The number of pyridine rings is 1. The van der Waals surface area contributed by atoms with Crippen LogP contribution < -0.4 is 5.32 Å². The van der Waals surface area contributed by atoms with E-state index in [9.17, 15) is 0 Å². The molecule has 0 radical (unpaired) electrons. The fourth-order valence-electron chi connectivity index (χ4n) is 2.73. The van der Waals surface area contributed by atoms with Crippen LogP contribution >= 0.6 is 0 Å². The van der Waals surface area contributed by atoms with E-state index < -0.39 is 0 Å². The van der Waals surface area contributed by atoms with E-state index in [1.165, 1.54) is 22.0 Å². The van der Waals surface area contributed by atoms with Gasteiger partial charge in [-0.2, -0.15) is 0 Å². The van der Waals surface area contributed by atoms with Gasteiger partial charge in [-0.25, -0.2) is 0 Å². The molecule has 0 fully saturated rings. The molecule has 2 aromatic heterocycles. The maximum Gasteiger partial charge on any atom is 0.0483 e. The highest BCUT2D eigenvalue weighted by atomic mass is 15.0. The Morgan fingerprint density at radius 3 is 2.67 bits per heavy atom. The average molecular weight is 279 g/mol. The van der Waals surface area contributed by atoms with Gasteiger partial charge in [0.1, 0.15) is 0 Å². The van der Waals surface area contributed by atoms with Crippen molar-refractivity contribution in [1.82, 2.24) is 14.9 Å². The molecule has 1 aromatic carbocycles. The maximum absolute atomic E-state index is 4.05. The summed E-state index contributed by atoms with van der Waals surface area (Å²) in [5, 5.41) is 4.88. The summed E-state index contributed by atoms with van der Waals surface area (Å²) >= 11 is 0. The van der Waals surface area contributed by atoms with E-state index in [0.29, 0.717) is 0 Å². The molecular formula is C18H21N3. The minimum atomic E-state index is 0.871. The van der Waals surface area contributed by atoms with Crippen LogP contribution in [0.3, 0.4) is 0 Å². The molecular weight excluding hydrogens is 258 g/mol. The summed E-state index contributed by atoms with van der Waals surface area (Å²) in [6.07, 6.45) is 7.12. The molecule has 0 spiro atoms. The summed E-state index contributed by atoms with van der Waals surface area (Å²) in [5.74, 6) is 0. The van der Waals surface area contributed by atoms with Crippen molar-refractivity contribution in [2.45, 2.75) is 33.0 Å². The van der Waals surface area contributed by atoms with Crippen molar-refractivity contribution in [2.75, 3.05) is 0 Å². The van der Waals surface area contributed by atoms with Crippen LogP contribution in [-0.2, 0) is 19.6 Å². The first-order chi connectivity index (χ1) is 10.4. The van der Waals surface area contributed by atoms with E-state index in [1.54, 1.807) is 0 Å². The topological polar surface area (TPSA) is 29.9 Å². The predicted octanol–water partition coefficient (Wildman–Crippen LogP) is 3.74. The van der Waals surface area contributed by atoms with Crippen LogP contribution in [0.15, 0.2) is 55.0 Å². The van der Waals surface area contributed by atoms with Crippen molar-refractivity contribution in [1.29, 1.82) is 0 Å². The van der Waals surface area contributed by atoms with Crippen molar-refractivity contribution in [2.24, 2.45) is 0 Å². The highest BCUT2D eigenvalue weighted by molar-refractivity contribution is 5.83. The lowest BCUT2D eigenvalue weighted by Crippen LogP contribution is -2.12. The SMILES string of the molecule is CCCn1cc(CNCc2ccncc2)c2ccccc21. The Balaban J connectivity index is 1.74. The highest BCUT2D eigenvalue weighted by Crippen LogP contribution is 2.21. The van der Waals surface area contributed by atoms with Gasteiger partial charge in [-0.3, -0.25) is 4.98 Å². The first-order valence-corrected chi connectivity index (χ1v) is 7.55. The number of hydrogen-bond donors (Lipinski definition) is 1. The zero-order valence-corrected chi connectivity index (χ0v) is 12.4. The lowest BCUT2D eigenvalue weighted by atomic mass is 10.1. The van der Waals surface area contributed by atoms with E-state index in [1.807, 2.05) is 24.5 Å². The molecule has 1 N–H and O–H groups in total. The Morgan fingerprint density at radius 1 is 1.05 bits per heavy atom. The molecule has 3 nitrogen and oxygen atoms in total. The molecule has 0 amide bonds. The molecule has 108 valence electrons. The van der Waals surface area contributed by atoms with Crippen LogP contribution in [0.25, 0.3) is 10.9 Å². The van der Waals surface area contributed by atoms with E-state index in [2.05, 4.69) is 52.3 Å². The number of rotatable bonds is 6. The Labute approximate surface area is 125 Å². The third kappa shape index (κ3) is 3.14. The lowest BCUT2D eigenvalue weighted by Gasteiger charge is -2.03. The van der Waals surface area contributed by atoms with Gasteiger partial charge in [0.2, 0.25) is 0 Å². The van der Waals surface area contributed by atoms with Gasteiger partial charge in [0.05, 0.1) is 0 Å². The molecule has 0 unspecified atom stereocenters. The van der Waals surface area contributed by atoms with Crippen LogP contribution in [0.1, 0.15) is 24.5 Å². The fourth-order valence-corrected chi connectivity index (χ4v) is 2.73. The molecule has 0 aliphatic heterocycles. The van der Waals surface area contributed by atoms with Gasteiger partial charge in [-0.05, 0) is 35.7 Å². The number of aryl methyl sites for hydroxylation is 1. The van der Waals surface area contributed by atoms with Crippen LogP contribution in [-0.4, -0.2) is 9.55 Å². The van der Waals surface area contributed by atoms with Crippen molar-refractivity contribution >= 4 is 10.9 Å². The smallest absolute Gasteiger partial charge is 0.0483 e. The highest BCUT2D eigenvalue weighted by Gasteiger charge is 2.07. The summed E-state index contributed by atoms with van der Waals surface area (Å²) < 4.78 is 2.36. The summed E-state index contributed by atoms with van der Waals surface area (Å²) in [6.45, 7) is 5.05. The molecule has 0 aliphatic carbocycles. The zero-order valence-electron chi connectivity index (χ0n) is 12.4. The molecule has 3 rings (SSSR count). The van der Waals surface area contributed by atoms with Crippen LogP contribution in [0, 0.1) is 0 Å². The van der Waals surface area contributed by atoms with Crippen molar-refractivity contribution < 1.29 is 0 Å². The number of fused-ring (bicyclic) bond motifs is 1. The van der Waals surface area contributed by atoms with Gasteiger partial charge >= 0.3 is 0 Å². The molecule has 0 bridgehead atoms. The lowest BCUT2D eigenvalue weighted by molar-refractivity contribution is 0.677. The summed E-state index contributed by atoms with van der Waals surface area (Å²) in [6, 6.07) is 12.7. The van der Waals surface area contributed by atoms with Gasteiger partial charge < -0.3 is 9.88 Å². The van der Waals surface area contributed by atoms with Crippen LogP contribution in [0.5, 0.6) is 0 Å². The second-order valence-electron chi connectivity index (χ2n) is 5.32. The Hall–Kier alpha value is -2.13. The number of aromatic nitrogens is 2. The number of nitrogens with one attached hydrogen (secondary N) is 1. The Bertz CT molecular complexity index is 701.